The van der Waals surface area contributed by atoms with Crippen molar-refractivity contribution in [3.8, 4) is 5.75 Å². The minimum atomic E-state index is -0.486. The number of halogens is 1. The number of esters is 1. The molecule has 0 unspecified atom stereocenters. The van der Waals surface area contributed by atoms with Crippen LogP contribution in [0.3, 0.4) is 0 Å². The van der Waals surface area contributed by atoms with E-state index >= 15 is 0 Å². The molecule has 0 aromatic heterocycles. The molecule has 3 nitrogen and oxygen atoms in total. The molecule has 0 aliphatic heterocycles. The van der Waals surface area contributed by atoms with Gasteiger partial charge in [0.05, 0.1) is 7.11 Å². The molecular formula is C17H15FO3. The van der Waals surface area contributed by atoms with E-state index in [1.807, 2.05) is 30.3 Å². The molecule has 0 aliphatic carbocycles. The smallest absolute Gasteiger partial charge is 0.330 e. The Morgan fingerprint density at radius 2 is 1.95 bits per heavy atom. The summed E-state index contributed by atoms with van der Waals surface area (Å²) in [6.07, 6.45) is 2.72. The van der Waals surface area contributed by atoms with E-state index in [0.29, 0.717) is 12.2 Å². The largest absolute Gasteiger partial charge is 0.486 e. The Labute approximate surface area is 122 Å². The molecule has 0 amide bonds. The third-order valence-corrected chi connectivity index (χ3v) is 2.81. The molecule has 0 N–H and O–H groups in total. The van der Waals surface area contributed by atoms with Gasteiger partial charge in [-0.15, -0.1) is 0 Å². The Morgan fingerprint density at radius 3 is 2.62 bits per heavy atom. The first-order valence-electron chi connectivity index (χ1n) is 6.41. The minimum absolute atomic E-state index is 0.175. The van der Waals surface area contributed by atoms with Crippen molar-refractivity contribution in [2.24, 2.45) is 0 Å². The van der Waals surface area contributed by atoms with Crippen molar-refractivity contribution in [3.63, 3.8) is 0 Å². The lowest BCUT2D eigenvalue weighted by Gasteiger charge is -2.07. The van der Waals surface area contributed by atoms with Crippen molar-refractivity contribution >= 4 is 12.0 Å². The van der Waals surface area contributed by atoms with Gasteiger partial charge in [0.25, 0.3) is 0 Å². The fourth-order valence-corrected chi connectivity index (χ4v) is 1.71. The molecule has 4 heteroatoms. The van der Waals surface area contributed by atoms with Gasteiger partial charge in [0.1, 0.15) is 6.61 Å². The Kier molecular flexibility index (Phi) is 5.10. The van der Waals surface area contributed by atoms with Crippen molar-refractivity contribution in [2.45, 2.75) is 6.61 Å². The normalized spacial score (nSPS) is 10.6. The van der Waals surface area contributed by atoms with Crippen LogP contribution in [-0.2, 0) is 16.1 Å². The monoisotopic (exact) mass is 286 g/mol. The molecule has 0 heterocycles. The summed E-state index contributed by atoms with van der Waals surface area (Å²) >= 11 is 0. The van der Waals surface area contributed by atoms with E-state index in [1.165, 1.54) is 31.4 Å². The first-order chi connectivity index (χ1) is 10.2. The summed E-state index contributed by atoms with van der Waals surface area (Å²) < 4.78 is 23.8. The molecular weight excluding hydrogens is 271 g/mol. The molecule has 0 saturated carbocycles. The van der Waals surface area contributed by atoms with Crippen molar-refractivity contribution in [1.82, 2.24) is 0 Å². The second kappa shape index (κ2) is 7.24. The van der Waals surface area contributed by atoms with E-state index in [0.717, 1.165) is 5.56 Å². The second-order valence-electron chi connectivity index (χ2n) is 4.32. The lowest BCUT2D eigenvalue weighted by molar-refractivity contribution is -0.134. The van der Waals surface area contributed by atoms with Gasteiger partial charge in [0.2, 0.25) is 0 Å². The van der Waals surface area contributed by atoms with Crippen LogP contribution in [0.5, 0.6) is 5.75 Å². The average molecular weight is 286 g/mol. The number of carbonyl (C=O) groups excluding carboxylic acids is 1. The predicted octanol–water partition coefficient (Wildman–Crippen LogP) is 3.59. The maximum Gasteiger partial charge on any atom is 0.330 e. The molecule has 21 heavy (non-hydrogen) atoms. The highest BCUT2D eigenvalue weighted by Gasteiger charge is 2.04. The van der Waals surface area contributed by atoms with Crippen LogP contribution in [0.1, 0.15) is 11.1 Å². The lowest BCUT2D eigenvalue weighted by atomic mass is 10.2. The number of benzene rings is 2. The molecule has 0 atom stereocenters. The fourth-order valence-electron chi connectivity index (χ4n) is 1.71. The van der Waals surface area contributed by atoms with Gasteiger partial charge in [0, 0.05) is 6.08 Å². The van der Waals surface area contributed by atoms with Crippen LogP contribution in [0.15, 0.2) is 54.6 Å². The Bertz CT molecular complexity index is 636. The molecule has 0 saturated heterocycles. The number of carbonyl (C=O) groups is 1. The summed E-state index contributed by atoms with van der Waals surface area (Å²) in [5.74, 6) is -0.785. The second-order valence-corrected chi connectivity index (χ2v) is 4.32. The molecule has 2 aromatic rings. The molecule has 0 spiro atoms. The molecule has 0 bridgehead atoms. The van der Waals surface area contributed by atoms with Crippen molar-refractivity contribution in [2.75, 3.05) is 7.11 Å². The van der Waals surface area contributed by atoms with E-state index in [1.54, 1.807) is 6.07 Å². The van der Waals surface area contributed by atoms with Gasteiger partial charge in [-0.2, -0.15) is 0 Å². The zero-order valence-corrected chi connectivity index (χ0v) is 11.6. The first-order valence-corrected chi connectivity index (χ1v) is 6.41. The number of ether oxygens (including phenoxy) is 2. The van der Waals surface area contributed by atoms with Gasteiger partial charge >= 0.3 is 5.97 Å². The SMILES string of the molecule is COC(=O)C=Cc1ccc(OCc2ccccc2)c(F)c1. The van der Waals surface area contributed by atoms with Gasteiger partial charge in [0.15, 0.2) is 11.6 Å². The average Bonchev–Trinajstić information content (AvgIpc) is 2.52. The molecule has 0 aliphatic rings. The van der Waals surface area contributed by atoms with Crippen LogP contribution in [0.4, 0.5) is 4.39 Å². The Balaban J connectivity index is 2.02. The summed E-state index contributed by atoms with van der Waals surface area (Å²) in [5.41, 5.74) is 1.52. The quantitative estimate of drug-likeness (QED) is 0.622. The van der Waals surface area contributed by atoms with Crippen LogP contribution >= 0.6 is 0 Å². The van der Waals surface area contributed by atoms with E-state index in [2.05, 4.69) is 4.74 Å². The maximum absolute atomic E-state index is 13.9. The molecule has 0 radical (unpaired) electrons. The van der Waals surface area contributed by atoms with Crippen LogP contribution in [0.25, 0.3) is 6.08 Å². The standard InChI is InChI=1S/C17H15FO3/c1-20-17(19)10-8-13-7-9-16(15(18)11-13)21-12-14-5-3-2-4-6-14/h2-11H,12H2,1H3. The lowest BCUT2D eigenvalue weighted by Crippen LogP contribution is -1.97. The topological polar surface area (TPSA) is 35.5 Å². The van der Waals surface area contributed by atoms with Crippen molar-refractivity contribution in [3.05, 3.63) is 71.6 Å². The summed E-state index contributed by atoms with van der Waals surface area (Å²) in [7, 11) is 1.29. The molecule has 2 aromatic carbocycles. The molecule has 2 rings (SSSR count). The highest BCUT2D eigenvalue weighted by Crippen LogP contribution is 2.20. The van der Waals surface area contributed by atoms with Gasteiger partial charge in [-0.3, -0.25) is 0 Å². The highest BCUT2D eigenvalue weighted by molar-refractivity contribution is 5.86. The van der Waals surface area contributed by atoms with E-state index in [-0.39, 0.29) is 5.75 Å². The van der Waals surface area contributed by atoms with Crippen LogP contribution in [-0.4, -0.2) is 13.1 Å². The van der Waals surface area contributed by atoms with Gasteiger partial charge in [-0.25, -0.2) is 9.18 Å². The maximum atomic E-state index is 13.9. The number of rotatable bonds is 5. The van der Waals surface area contributed by atoms with Crippen molar-refractivity contribution in [1.29, 1.82) is 0 Å². The van der Waals surface area contributed by atoms with Crippen molar-refractivity contribution < 1.29 is 18.7 Å². The van der Waals surface area contributed by atoms with Crippen LogP contribution < -0.4 is 4.74 Å². The van der Waals surface area contributed by atoms with Crippen LogP contribution in [0, 0.1) is 5.82 Å². The summed E-state index contributed by atoms with van der Waals surface area (Å²) in [6.45, 7) is 0.301. The third-order valence-electron chi connectivity index (χ3n) is 2.81. The van der Waals surface area contributed by atoms with E-state index in [9.17, 15) is 9.18 Å². The zero-order valence-electron chi connectivity index (χ0n) is 11.6. The minimum Gasteiger partial charge on any atom is -0.486 e. The number of methoxy groups -OCH3 is 1. The van der Waals surface area contributed by atoms with Gasteiger partial charge in [-0.1, -0.05) is 36.4 Å². The van der Waals surface area contributed by atoms with Gasteiger partial charge < -0.3 is 9.47 Å². The van der Waals surface area contributed by atoms with E-state index < -0.39 is 11.8 Å². The van der Waals surface area contributed by atoms with Crippen LogP contribution in [0.2, 0.25) is 0 Å². The van der Waals surface area contributed by atoms with Gasteiger partial charge in [-0.05, 0) is 29.3 Å². The molecule has 0 fully saturated rings. The van der Waals surface area contributed by atoms with E-state index in [4.69, 9.17) is 4.74 Å². The first kappa shape index (κ1) is 14.8. The highest BCUT2D eigenvalue weighted by atomic mass is 19.1. The third kappa shape index (κ3) is 4.45. The predicted molar refractivity (Wildman–Crippen MR) is 78.2 cm³/mol. The molecule has 108 valence electrons. The fraction of sp³-hybridized carbons (Fsp3) is 0.118. The summed E-state index contributed by atoms with van der Waals surface area (Å²) in [5, 5.41) is 0. The Hall–Kier alpha value is -2.62. The summed E-state index contributed by atoms with van der Waals surface area (Å²) in [6, 6.07) is 14.0. The number of hydrogen-bond acceptors (Lipinski definition) is 3. The number of hydrogen-bond donors (Lipinski definition) is 0. The Morgan fingerprint density at radius 1 is 1.19 bits per heavy atom. The summed E-state index contributed by atoms with van der Waals surface area (Å²) in [4.78, 5) is 11.0. The zero-order chi connectivity index (χ0) is 15.1.